The van der Waals surface area contributed by atoms with Crippen LogP contribution in [0.4, 0.5) is 0 Å². The van der Waals surface area contributed by atoms with Crippen LogP contribution in [0.3, 0.4) is 0 Å². The van der Waals surface area contributed by atoms with Crippen LogP contribution in [0.2, 0.25) is 0 Å². The second kappa shape index (κ2) is 2.73. The molecule has 0 spiro atoms. The van der Waals surface area contributed by atoms with Gasteiger partial charge in [0, 0.05) is 0 Å². The van der Waals surface area contributed by atoms with Crippen LogP contribution in [0, 0.1) is 0 Å². The summed E-state index contributed by atoms with van der Waals surface area (Å²) < 4.78 is 0. The Kier molecular flexibility index (Phi) is 3.00. The minimum Gasteiger partial charge on any atom is -1.00 e. The van der Waals surface area contributed by atoms with E-state index in [1.807, 2.05) is 0 Å². The Labute approximate surface area is 51.4 Å². The van der Waals surface area contributed by atoms with Gasteiger partial charge in [0.05, 0.1) is 0 Å². The van der Waals surface area contributed by atoms with Crippen LogP contribution in [0.15, 0.2) is 12.2 Å². The minimum atomic E-state index is 0. The maximum atomic E-state index is 2.18. The van der Waals surface area contributed by atoms with E-state index in [-0.39, 0.29) is 25.9 Å². The van der Waals surface area contributed by atoms with Gasteiger partial charge in [0.25, 0.3) is 0 Å². The predicted molar refractivity (Wildman–Crippen MR) is 26.4 cm³/mol. The van der Waals surface area contributed by atoms with E-state index in [4.69, 9.17) is 0 Å². The van der Waals surface area contributed by atoms with E-state index in [9.17, 15) is 0 Å². The van der Waals surface area contributed by atoms with E-state index in [0.29, 0.717) is 0 Å². The number of rotatable bonds is 0. The van der Waals surface area contributed by atoms with Gasteiger partial charge < -0.3 is 2.85 Å². The summed E-state index contributed by atoms with van der Waals surface area (Å²) in [5.74, 6) is 0. The quantitative estimate of drug-likeness (QED) is 0.303. The molecule has 0 fully saturated rings. The molecule has 0 aromatic rings. The second-order valence-electron chi connectivity index (χ2n) is 1.05. The molecule has 1 heteroatoms. The summed E-state index contributed by atoms with van der Waals surface area (Å²) in [6, 6.07) is 0. The molecule has 1 aliphatic rings. The van der Waals surface area contributed by atoms with Gasteiger partial charge >= 0.3 is 23.1 Å². The molecule has 0 atom stereocenters. The van der Waals surface area contributed by atoms with Gasteiger partial charge in [-0.25, -0.2) is 0 Å². The Balaban J connectivity index is -0.0000000533. The van der Waals surface area contributed by atoms with Gasteiger partial charge in [-0.2, -0.15) is 0 Å². The molecule has 0 unspecified atom stereocenters. The molecular weight excluding hydrogens is 72.3 g/mol. The fraction of sp³-hybridized carbons (Fsp3) is 0.500. The third-order valence-corrected chi connectivity index (χ3v) is 0.667. The molecule has 0 aromatic carbocycles. The molecule has 5 heavy (non-hydrogen) atoms. The molecule has 0 aliphatic heterocycles. The number of hydrogen-bond acceptors (Lipinski definition) is 0. The average Bonchev–Trinajstić information content (AvgIpc) is 0.722. The molecule has 0 heterocycles. The summed E-state index contributed by atoms with van der Waals surface area (Å²) >= 11 is 0. The van der Waals surface area contributed by atoms with Crippen LogP contribution in [-0.2, 0) is 0 Å². The second-order valence-corrected chi connectivity index (χ2v) is 1.05. The standard InChI is InChI=1S/C4H6.Mg.2H/c1-2-4-3-1;;;/h1-2H,3-4H2;;;/q;+2;2*-1. The van der Waals surface area contributed by atoms with E-state index in [1.54, 1.807) is 0 Å². The molecular formula is C4H8Mg. The van der Waals surface area contributed by atoms with E-state index in [2.05, 4.69) is 12.2 Å². The fourth-order valence-corrected chi connectivity index (χ4v) is 0.167. The van der Waals surface area contributed by atoms with Crippen molar-refractivity contribution in [1.82, 2.24) is 0 Å². The van der Waals surface area contributed by atoms with Gasteiger partial charge in [-0.3, -0.25) is 0 Å². The Morgan fingerprint density at radius 3 is 1.40 bits per heavy atom. The van der Waals surface area contributed by atoms with Crippen molar-refractivity contribution in [2.75, 3.05) is 0 Å². The zero-order valence-electron chi connectivity index (χ0n) is 5.28. The fourth-order valence-electron chi connectivity index (χ4n) is 0.167. The molecule has 0 amide bonds. The van der Waals surface area contributed by atoms with Crippen molar-refractivity contribution >= 4 is 23.1 Å². The van der Waals surface area contributed by atoms with Crippen molar-refractivity contribution in [3.05, 3.63) is 12.2 Å². The Morgan fingerprint density at radius 1 is 1.20 bits per heavy atom. The van der Waals surface area contributed by atoms with Crippen molar-refractivity contribution < 1.29 is 2.85 Å². The normalized spacial score (nSPS) is 16.0. The van der Waals surface area contributed by atoms with Crippen LogP contribution in [0.5, 0.6) is 0 Å². The van der Waals surface area contributed by atoms with Gasteiger partial charge in [0.2, 0.25) is 0 Å². The van der Waals surface area contributed by atoms with Crippen LogP contribution in [0.1, 0.15) is 15.7 Å². The van der Waals surface area contributed by atoms with E-state index in [0.717, 1.165) is 0 Å². The molecule has 26 valence electrons. The Hall–Kier alpha value is 0.506. The molecule has 0 saturated heterocycles. The minimum absolute atomic E-state index is 0. The molecule has 1 aliphatic carbocycles. The molecule has 0 nitrogen and oxygen atoms in total. The van der Waals surface area contributed by atoms with Crippen molar-refractivity contribution in [3.8, 4) is 0 Å². The van der Waals surface area contributed by atoms with Crippen LogP contribution >= 0.6 is 0 Å². The summed E-state index contributed by atoms with van der Waals surface area (Å²) in [7, 11) is 0. The maximum absolute atomic E-state index is 2.18. The van der Waals surface area contributed by atoms with Gasteiger partial charge in [0.15, 0.2) is 0 Å². The van der Waals surface area contributed by atoms with Gasteiger partial charge in [-0.15, -0.1) is 0 Å². The molecule has 0 aromatic heterocycles. The maximum Gasteiger partial charge on any atom is 2.00 e. The zero-order chi connectivity index (χ0) is 2.83. The first kappa shape index (κ1) is 5.51. The first-order valence-corrected chi connectivity index (χ1v) is 1.65. The molecule has 0 bridgehead atoms. The van der Waals surface area contributed by atoms with Crippen molar-refractivity contribution in [1.29, 1.82) is 0 Å². The van der Waals surface area contributed by atoms with Crippen molar-refractivity contribution in [3.63, 3.8) is 0 Å². The predicted octanol–water partition coefficient (Wildman–Crippen LogP) is 1.18. The first-order chi connectivity index (χ1) is 2.00. The summed E-state index contributed by atoms with van der Waals surface area (Å²) in [5, 5.41) is 0. The molecule has 0 radical (unpaired) electrons. The Bertz CT molecular complexity index is 39.0. The van der Waals surface area contributed by atoms with Gasteiger partial charge in [-0.05, 0) is 12.8 Å². The van der Waals surface area contributed by atoms with E-state index >= 15 is 0 Å². The summed E-state index contributed by atoms with van der Waals surface area (Å²) in [6.07, 6.45) is 7.00. The van der Waals surface area contributed by atoms with E-state index in [1.165, 1.54) is 12.8 Å². The number of allylic oxidation sites excluding steroid dienone is 2. The summed E-state index contributed by atoms with van der Waals surface area (Å²) in [6.45, 7) is 0. The summed E-state index contributed by atoms with van der Waals surface area (Å²) in [5.41, 5.74) is 0. The van der Waals surface area contributed by atoms with Crippen LogP contribution in [0.25, 0.3) is 0 Å². The Morgan fingerprint density at radius 2 is 1.40 bits per heavy atom. The van der Waals surface area contributed by atoms with Crippen LogP contribution in [-0.4, -0.2) is 23.1 Å². The molecule has 0 saturated carbocycles. The summed E-state index contributed by atoms with van der Waals surface area (Å²) in [4.78, 5) is 0. The van der Waals surface area contributed by atoms with Gasteiger partial charge in [0.1, 0.15) is 0 Å². The monoisotopic (exact) mass is 80.0 g/mol. The van der Waals surface area contributed by atoms with Crippen LogP contribution < -0.4 is 0 Å². The zero-order valence-corrected chi connectivity index (χ0v) is 4.69. The van der Waals surface area contributed by atoms with Crippen molar-refractivity contribution in [2.24, 2.45) is 0 Å². The molecule has 1 rings (SSSR count). The third kappa shape index (κ3) is 1.39. The third-order valence-electron chi connectivity index (χ3n) is 0.667. The SMILES string of the molecule is C1=CCC1.[H-].[H-].[Mg+2]. The van der Waals surface area contributed by atoms with E-state index < -0.39 is 0 Å². The van der Waals surface area contributed by atoms with Crippen molar-refractivity contribution in [2.45, 2.75) is 12.8 Å². The topological polar surface area (TPSA) is 0 Å². The molecule has 0 N–H and O–H groups in total. The smallest absolute Gasteiger partial charge is 1.00 e. The first-order valence-electron chi connectivity index (χ1n) is 1.65. The number of hydrogen-bond donors (Lipinski definition) is 0. The average molecular weight is 80.4 g/mol. The van der Waals surface area contributed by atoms with Gasteiger partial charge in [-0.1, -0.05) is 12.2 Å². The largest absolute Gasteiger partial charge is 2.00 e.